The molecule has 2 aromatic carbocycles. The number of nitrogens with zero attached hydrogens (tertiary/aromatic N) is 2. The average Bonchev–Trinajstić information content (AvgIpc) is 2.62. The molecule has 0 spiro atoms. The van der Waals surface area contributed by atoms with Crippen molar-refractivity contribution in [3.63, 3.8) is 0 Å². The minimum atomic E-state index is -4.04. The molecular formula is C13H11KN2O4S. The van der Waals surface area contributed by atoms with E-state index in [0.29, 0.717) is 0 Å². The molecule has 2 aromatic rings. The minimum Gasteiger partial charge on any atom is -0.526 e. The van der Waals surface area contributed by atoms with Gasteiger partial charge in [0.1, 0.15) is 5.75 Å². The molecule has 1 aliphatic heterocycles. The fraction of sp³-hybridized carbons (Fsp3) is 0.154. The molecule has 0 bridgehead atoms. The van der Waals surface area contributed by atoms with Crippen LogP contribution in [0.3, 0.4) is 0 Å². The minimum absolute atomic E-state index is 0. The van der Waals surface area contributed by atoms with Crippen LogP contribution < -0.4 is 55.7 Å². The molecule has 104 valence electrons. The van der Waals surface area contributed by atoms with Gasteiger partial charge in [-0.2, -0.15) is 0 Å². The summed E-state index contributed by atoms with van der Waals surface area (Å²) in [7, 11) is -4.04. The number of phenolic OH excluding ortho intramolecular Hbond substituents is 1. The number of aromatic hydroxyl groups is 1. The molecule has 6 nitrogen and oxygen atoms in total. The van der Waals surface area contributed by atoms with Crippen LogP contribution in [-0.2, 0) is 15.0 Å². The smallest absolute Gasteiger partial charge is 0.526 e. The first kappa shape index (κ1) is 16.7. The zero-order valence-electron chi connectivity index (χ0n) is 11.6. The number of hydrogen-bond acceptors (Lipinski definition) is 4. The van der Waals surface area contributed by atoms with E-state index in [1.165, 1.54) is 6.07 Å². The van der Waals surface area contributed by atoms with E-state index in [-0.39, 0.29) is 69.4 Å². The van der Waals surface area contributed by atoms with Gasteiger partial charge in [0.05, 0.1) is 18.1 Å². The molecule has 1 heterocycles. The van der Waals surface area contributed by atoms with E-state index in [1.807, 2.05) is 25.1 Å². The van der Waals surface area contributed by atoms with Crippen LogP contribution in [0.4, 0.5) is 5.69 Å². The number of amides is 1. The van der Waals surface area contributed by atoms with E-state index < -0.39 is 16.1 Å². The van der Waals surface area contributed by atoms with Gasteiger partial charge in [-0.3, -0.25) is 4.31 Å². The van der Waals surface area contributed by atoms with Gasteiger partial charge < -0.3 is 14.6 Å². The second-order valence-electron chi connectivity index (χ2n) is 4.66. The van der Waals surface area contributed by atoms with Gasteiger partial charge >= 0.3 is 51.4 Å². The summed E-state index contributed by atoms with van der Waals surface area (Å²) in [4.78, 5) is 11.2. The average molecular weight is 330 g/mol. The van der Waals surface area contributed by atoms with Crippen LogP contribution in [0, 0.1) is 6.92 Å². The fourth-order valence-corrected chi connectivity index (χ4v) is 3.30. The van der Waals surface area contributed by atoms with Crippen molar-refractivity contribution < 1.29 is 69.7 Å². The van der Waals surface area contributed by atoms with E-state index in [1.54, 1.807) is 6.07 Å². The predicted octanol–water partition coefficient (Wildman–Crippen LogP) is -1.18. The van der Waals surface area contributed by atoms with Crippen molar-refractivity contribution in [3.05, 3.63) is 40.6 Å². The molecule has 0 atom stereocenters. The van der Waals surface area contributed by atoms with Gasteiger partial charge in [0.2, 0.25) is 0 Å². The van der Waals surface area contributed by atoms with Crippen LogP contribution in [0.15, 0.2) is 30.3 Å². The van der Waals surface area contributed by atoms with E-state index in [0.717, 1.165) is 20.6 Å². The van der Waals surface area contributed by atoms with E-state index in [4.69, 9.17) is 0 Å². The Bertz CT molecular complexity index is 835. The quantitative estimate of drug-likeness (QED) is 0.667. The number of aryl methyl sites for hydroxylation is 1. The number of rotatable bonds is 1. The molecule has 3 rings (SSSR count). The van der Waals surface area contributed by atoms with Crippen LogP contribution >= 0.6 is 0 Å². The maximum Gasteiger partial charge on any atom is 1.00 e. The SMILES string of the molecule is Cc1ccc2cc(O)c(N3CC(=O)[N-]S3(=O)=O)cc2c1.[K+]. The Balaban J connectivity index is 0.00000161. The Labute approximate surface area is 164 Å². The Kier molecular flexibility index (Phi) is 4.67. The van der Waals surface area contributed by atoms with E-state index in [2.05, 4.69) is 4.72 Å². The zero-order chi connectivity index (χ0) is 14.5. The first-order chi connectivity index (χ1) is 9.37. The largest absolute Gasteiger partial charge is 1.00 e. The second kappa shape index (κ2) is 5.86. The summed E-state index contributed by atoms with van der Waals surface area (Å²) in [5.41, 5.74) is 1.08. The predicted molar refractivity (Wildman–Crippen MR) is 75.0 cm³/mol. The van der Waals surface area contributed by atoms with Gasteiger partial charge in [0.15, 0.2) is 10.2 Å². The monoisotopic (exact) mass is 330 g/mol. The maximum atomic E-state index is 11.8. The van der Waals surface area contributed by atoms with Gasteiger partial charge in [-0.1, -0.05) is 23.8 Å². The number of phenols is 1. The molecule has 0 unspecified atom stereocenters. The molecule has 0 aliphatic carbocycles. The summed E-state index contributed by atoms with van der Waals surface area (Å²) in [5, 5.41) is 11.6. The number of hydrogen-bond donors (Lipinski definition) is 1. The normalized spacial score (nSPS) is 16.6. The Hall–Kier alpha value is -0.644. The van der Waals surface area contributed by atoms with Crippen LogP contribution in [0.1, 0.15) is 5.56 Å². The van der Waals surface area contributed by atoms with Crippen molar-refractivity contribution in [3.8, 4) is 5.75 Å². The van der Waals surface area contributed by atoms with Crippen LogP contribution in [-0.4, -0.2) is 26.0 Å². The van der Waals surface area contributed by atoms with Gasteiger partial charge in [-0.05, 0) is 29.8 Å². The first-order valence-corrected chi connectivity index (χ1v) is 7.28. The molecule has 1 saturated heterocycles. The van der Waals surface area contributed by atoms with Gasteiger partial charge in [0, 0.05) is 0 Å². The summed E-state index contributed by atoms with van der Waals surface area (Å²) in [6.07, 6.45) is 0. The molecule has 1 aliphatic rings. The third-order valence-corrected chi connectivity index (χ3v) is 4.45. The van der Waals surface area contributed by atoms with Crippen molar-refractivity contribution >= 4 is 32.6 Å². The molecule has 1 amide bonds. The molecule has 8 heteroatoms. The van der Waals surface area contributed by atoms with E-state index in [9.17, 15) is 18.3 Å². The Morgan fingerprint density at radius 2 is 1.90 bits per heavy atom. The van der Waals surface area contributed by atoms with Gasteiger partial charge in [0.25, 0.3) is 0 Å². The summed E-state index contributed by atoms with van der Waals surface area (Å²) < 4.78 is 27.4. The van der Waals surface area contributed by atoms with Crippen molar-refractivity contribution in [1.29, 1.82) is 0 Å². The Morgan fingerprint density at radius 3 is 2.52 bits per heavy atom. The van der Waals surface area contributed by atoms with Gasteiger partial charge in [-0.25, -0.2) is 8.42 Å². The molecule has 1 N–H and O–H groups in total. The standard InChI is InChI=1S/C13H12N2O4S.K/c1-8-2-3-9-6-12(16)11(5-10(9)4-8)15-7-13(17)14-20(15,18)19;/h2-6H,7H2,1H3,(H2,14,16,17);/q;+1/p-1. The molecule has 0 saturated carbocycles. The second-order valence-corrected chi connectivity index (χ2v) is 6.18. The van der Waals surface area contributed by atoms with Crippen molar-refractivity contribution in [1.82, 2.24) is 0 Å². The molecule has 0 radical (unpaired) electrons. The third kappa shape index (κ3) is 3.10. The maximum absolute atomic E-state index is 11.8. The molecular weight excluding hydrogens is 319 g/mol. The van der Waals surface area contributed by atoms with E-state index >= 15 is 0 Å². The number of carbonyl (C=O) groups excluding carboxylic acids is 1. The van der Waals surface area contributed by atoms with Crippen molar-refractivity contribution in [2.24, 2.45) is 0 Å². The summed E-state index contributed by atoms with van der Waals surface area (Å²) in [6.45, 7) is 1.53. The molecule has 0 aromatic heterocycles. The number of carbonyl (C=O) groups is 1. The summed E-state index contributed by atoms with van der Waals surface area (Å²) >= 11 is 0. The molecule has 1 fully saturated rings. The third-order valence-electron chi connectivity index (χ3n) is 3.13. The summed E-state index contributed by atoms with van der Waals surface area (Å²) in [6, 6.07) is 8.63. The van der Waals surface area contributed by atoms with Gasteiger partial charge in [-0.15, -0.1) is 0 Å². The van der Waals surface area contributed by atoms with Crippen LogP contribution in [0.5, 0.6) is 5.75 Å². The number of fused-ring (bicyclic) bond motifs is 1. The topological polar surface area (TPSA) is 88.8 Å². The number of benzene rings is 2. The number of anilines is 1. The Morgan fingerprint density at radius 1 is 1.19 bits per heavy atom. The molecule has 21 heavy (non-hydrogen) atoms. The van der Waals surface area contributed by atoms with Crippen molar-refractivity contribution in [2.75, 3.05) is 10.8 Å². The van der Waals surface area contributed by atoms with Crippen LogP contribution in [0.2, 0.25) is 0 Å². The summed E-state index contributed by atoms with van der Waals surface area (Å²) in [5.74, 6) is -0.941. The zero-order valence-corrected chi connectivity index (χ0v) is 15.5. The van der Waals surface area contributed by atoms with Crippen molar-refractivity contribution in [2.45, 2.75) is 6.92 Å². The fourth-order valence-electron chi connectivity index (χ4n) is 2.21. The van der Waals surface area contributed by atoms with Crippen LogP contribution in [0.25, 0.3) is 15.5 Å². The first-order valence-electron chi connectivity index (χ1n) is 5.89.